The van der Waals surface area contributed by atoms with E-state index in [0.29, 0.717) is 45.2 Å². The molecule has 0 saturated carbocycles. The van der Waals surface area contributed by atoms with Crippen LogP contribution in [0.3, 0.4) is 0 Å². The third-order valence-corrected chi connectivity index (χ3v) is 6.31. The second-order valence-electron chi connectivity index (χ2n) is 8.58. The molecule has 174 valence electrons. The molecule has 1 saturated heterocycles. The predicted octanol–water partition coefficient (Wildman–Crippen LogP) is 2.19. The molecule has 1 aromatic rings. The number of allylic oxidation sites excluding steroid dienone is 5. The second-order valence-corrected chi connectivity index (χ2v) is 8.58. The van der Waals surface area contributed by atoms with Gasteiger partial charge in [-0.2, -0.15) is 0 Å². The number of likely N-dealkylation sites (tertiary alicyclic amines) is 1. The van der Waals surface area contributed by atoms with Crippen molar-refractivity contribution in [3.8, 4) is 11.5 Å². The summed E-state index contributed by atoms with van der Waals surface area (Å²) < 4.78 is 11.3. The van der Waals surface area contributed by atoms with Gasteiger partial charge in [0, 0.05) is 6.42 Å². The van der Waals surface area contributed by atoms with E-state index in [1.165, 1.54) is 5.57 Å². The van der Waals surface area contributed by atoms with Gasteiger partial charge in [0.15, 0.2) is 0 Å². The highest BCUT2D eigenvalue weighted by Gasteiger charge is 2.35. The lowest BCUT2D eigenvalue weighted by Gasteiger charge is -2.39. The monoisotopic (exact) mass is 452 g/mol. The van der Waals surface area contributed by atoms with E-state index in [1.54, 1.807) is 17.0 Å². The molecule has 1 fully saturated rings. The number of amides is 1. The molecule has 0 aromatic heterocycles. The van der Waals surface area contributed by atoms with Crippen LogP contribution < -0.4 is 15.1 Å². The van der Waals surface area contributed by atoms with Gasteiger partial charge in [0.2, 0.25) is 5.91 Å². The van der Waals surface area contributed by atoms with Crippen molar-refractivity contribution in [1.29, 1.82) is 0 Å². The Morgan fingerprint density at radius 2 is 2.12 bits per heavy atom. The van der Waals surface area contributed by atoms with E-state index < -0.39 is 13.1 Å². The van der Waals surface area contributed by atoms with Gasteiger partial charge in [0.25, 0.3) is 0 Å². The topological polar surface area (TPSA) is 122 Å². The Labute approximate surface area is 193 Å². The number of carbonyl (C=O) groups is 2. The smallest absolute Gasteiger partial charge is 0.522 e. The molecular weight excluding hydrogens is 423 g/mol. The summed E-state index contributed by atoms with van der Waals surface area (Å²) in [7, 11) is -1.03. The van der Waals surface area contributed by atoms with E-state index in [4.69, 9.17) is 15.1 Å². The molecule has 1 aromatic carbocycles. The molecule has 0 radical (unpaired) electrons. The lowest BCUT2D eigenvalue weighted by molar-refractivity contribution is -0.140. The molecular formula is C24H29BN2O6. The fourth-order valence-corrected chi connectivity index (χ4v) is 4.38. The van der Waals surface area contributed by atoms with Gasteiger partial charge in [-0.25, -0.2) is 4.79 Å². The molecule has 33 heavy (non-hydrogen) atoms. The molecule has 4 N–H and O–H groups in total. The first-order chi connectivity index (χ1) is 16.0. The van der Waals surface area contributed by atoms with E-state index in [-0.39, 0.29) is 35.0 Å². The van der Waals surface area contributed by atoms with Crippen LogP contribution >= 0.6 is 0 Å². The summed E-state index contributed by atoms with van der Waals surface area (Å²) >= 11 is 0. The summed E-state index contributed by atoms with van der Waals surface area (Å²) in [6.45, 7) is 1.29. The number of carbonyl (C=O) groups excluding carboxylic acids is 1. The van der Waals surface area contributed by atoms with Gasteiger partial charge < -0.3 is 30.2 Å². The van der Waals surface area contributed by atoms with Crippen molar-refractivity contribution in [1.82, 2.24) is 4.90 Å². The van der Waals surface area contributed by atoms with Crippen LogP contribution in [0.25, 0.3) is 0 Å². The first-order valence-corrected chi connectivity index (χ1v) is 11.4. The van der Waals surface area contributed by atoms with Crippen molar-refractivity contribution in [2.45, 2.75) is 38.1 Å². The standard InChI is InChI=1S/C24H29BN2O6/c26-13-18(16-5-3-1-2-4-6-16)8-10-21(28)27-14-19(15-27)32-20-9-7-17-11-12-25(31)33-23(17)22(20)24(29)30/h1-3,5-7,9,18-19,31H,4,8,10-15,26H2,(H,29,30)/t18-/m0/s1. The normalized spacial score (nSPS) is 18.5. The number of nitrogens with two attached hydrogens (primary N) is 1. The van der Waals surface area contributed by atoms with E-state index >= 15 is 0 Å². The Morgan fingerprint density at radius 1 is 1.30 bits per heavy atom. The van der Waals surface area contributed by atoms with Crippen LogP contribution in [0, 0.1) is 5.92 Å². The van der Waals surface area contributed by atoms with Crippen molar-refractivity contribution in [2.24, 2.45) is 11.7 Å². The summed E-state index contributed by atoms with van der Waals surface area (Å²) in [5, 5.41) is 19.5. The van der Waals surface area contributed by atoms with Gasteiger partial charge in [0.1, 0.15) is 23.2 Å². The minimum atomic E-state index is -1.17. The fraction of sp³-hybridized carbons (Fsp3) is 0.417. The predicted molar refractivity (Wildman–Crippen MR) is 124 cm³/mol. The van der Waals surface area contributed by atoms with Crippen LogP contribution in [-0.4, -0.2) is 59.8 Å². The van der Waals surface area contributed by atoms with Gasteiger partial charge in [-0.15, -0.1) is 0 Å². The van der Waals surface area contributed by atoms with Crippen LogP contribution in [-0.2, 0) is 11.2 Å². The van der Waals surface area contributed by atoms with Gasteiger partial charge in [0.05, 0.1) is 13.1 Å². The average Bonchev–Trinajstić information content (AvgIpc) is 3.05. The zero-order valence-corrected chi connectivity index (χ0v) is 18.5. The molecule has 0 spiro atoms. The Bertz CT molecular complexity index is 999. The third-order valence-electron chi connectivity index (χ3n) is 6.31. The Morgan fingerprint density at radius 3 is 2.88 bits per heavy atom. The number of nitrogens with zero attached hydrogens (tertiary/aromatic N) is 1. The van der Waals surface area contributed by atoms with Crippen LogP contribution in [0.4, 0.5) is 0 Å². The summed E-state index contributed by atoms with van der Waals surface area (Å²) in [6, 6.07) is 3.40. The molecule has 8 nitrogen and oxygen atoms in total. The molecule has 9 heteroatoms. The number of benzene rings is 1. The van der Waals surface area contributed by atoms with Gasteiger partial charge in [-0.05, 0) is 55.2 Å². The second kappa shape index (κ2) is 10.3. The van der Waals surface area contributed by atoms with E-state index in [9.17, 15) is 19.7 Å². The molecule has 1 aliphatic carbocycles. The van der Waals surface area contributed by atoms with Crippen molar-refractivity contribution in [2.75, 3.05) is 19.6 Å². The number of hydrogen-bond donors (Lipinski definition) is 3. The third kappa shape index (κ3) is 5.31. The lowest BCUT2D eigenvalue weighted by atomic mass is 9.78. The average molecular weight is 452 g/mol. The van der Waals surface area contributed by atoms with Crippen LogP contribution in [0.2, 0.25) is 6.32 Å². The summed E-state index contributed by atoms with van der Waals surface area (Å²) in [5.41, 5.74) is 7.77. The van der Waals surface area contributed by atoms with Crippen molar-refractivity contribution in [3.63, 3.8) is 0 Å². The maximum atomic E-state index is 12.6. The van der Waals surface area contributed by atoms with Crippen molar-refractivity contribution in [3.05, 3.63) is 59.2 Å². The highest BCUT2D eigenvalue weighted by atomic mass is 16.5. The number of aryl methyl sites for hydroxylation is 1. The number of rotatable bonds is 8. The van der Waals surface area contributed by atoms with Crippen molar-refractivity contribution < 1.29 is 29.1 Å². The number of aromatic carboxylic acids is 1. The van der Waals surface area contributed by atoms with Gasteiger partial charge >= 0.3 is 13.1 Å². The zero-order valence-electron chi connectivity index (χ0n) is 18.5. The summed E-state index contributed by atoms with van der Waals surface area (Å²) in [6.07, 6.45) is 12.9. The minimum Gasteiger partial charge on any atom is -0.535 e. The SMILES string of the molecule is NC[C@H](CCC(=O)N1CC(Oc2ccc3c(c2C(=O)O)OB(O)CC3)C1)C1=CCC=CC=C1. The minimum absolute atomic E-state index is 0.0416. The summed E-state index contributed by atoms with van der Waals surface area (Å²) in [4.78, 5) is 26.2. The maximum absolute atomic E-state index is 12.6. The molecule has 3 aliphatic rings. The number of carboxylic acid groups (broad SMARTS) is 1. The molecule has 0 unspecified atom stereocenters. The highest BCUT2D eigenvalue weighted by molar-refractivity contribution is 6.44. The maximum Gasteiger partial charge on any atom is 0.522 e. The van der Waals surface area contributed by atoms with Gasteiger partial charge in [-0.3, -0.25) is 4.79 Å². The van der Waals surface area contributed by atoms with Crippen LogP contribution in [0.15, 0.2) is 48.1 Å². The van der Waals surface area contributed by atoms with Gasteiger partial charge in [-0.1, -0.05) is 36.4 Å². The number of ether oxygens (including phenoxy) is 1. The number of carboxylic acids is 1. The van der Waals surface area contributed by atoms with Crippen LogP contribution in [0.5, 0.6) is 11.5 Å². The molecule has 0 bridgehead atoms. The Hall–Kier alpha value is -3.04. The number of hydrogen-bond acceptors (Lipinski definition) is 6. The first-order valence-electron chi connectivity index (χ1n) is 11.4. The first kappa shape index (κ1) is 23.1. The lowest BCUT2D eigenvalue weighted by Crippen LogP contribution is -2.56. The largest absolute Gasteiger partial charge is 0.535 e. The molecule has 4 rings (SSSR count). The van der Waals surface area contributed by atoms with Crippen molar-refractivity contribution >= 4 is 19.0 Å². The zero-order chi connectivity index (χ0) is 23.4. The summed E-state index contributed by atoms with van der Waals surface area (Å²) in [5.74, 6) is -0.636. The number of fused-ring (bicyclic) bond motifs is 1. The molecule has 1 amide bonds. The van der Waals surface area contributed by atoms with E-state index in [1.807, 2.05) is 12.2 Å². The molecule has 2 aliphatic heterocycles. The fourth-order valence-electron chi connectivity index (χ4n) is 4.38. The quantitative estimate of drug-likeness (QED) is 0.517. The van der Waals surface area contributed by atoms with E-state index in [2.05, 4.69) is 18.2 Å². The van der Waals surface area contributed by atoms with E-state index in [0.717, 1.165) is 12.0 Å². The highest BCUT2D eigenvalue weighted by Crippen LogP contribution is 2.37. The molecule has 2 heterocycles. The molecule has 1 atom stereocenters. The Kier molecular flexibility index (Phi) is 7.20. The Balaban J connectivity index is 1.31. The van der Waals surface area contributed by atoms with Crippen LogP contribution in [0.1, 0.15) is 35.2 Å².